The molecule has 2 rings (SSSR count). The standard InChI is InChI=1S/C8H10BrN3O/c9-5-1-7(11-2-5)8(13)12-3-6(10)4-12/h1-2,6,11H,3-4,10H2. The lowest BCUT2D eigenvalue weighted by molar-refractivity contribution is 0.0602. The molecule has 0 radical (unpaired) electrons. The first kappa shape index (κ1) is 8.77. The van der Waals surface area contributed by atoms with Crippen molar-refractivity contribution in [3.63, 3.8) is 0 Å². The highest BCUT2D eigenvalue weighted by Gasteiger charge is 2.28. The van der Waals surface area contributed by atoms with E-state index in [9.17, 15) is 4.79 Å². The Balaban J connectivity index is 2.06. The van der Waals surface area contributed by atoms with Crippen molar-refractivity contribution >= 4 is 21.8 Å². The van der Waals surface area contributed by atoms with E-state index < -0.39 is 0 Å². The summed E-state index contributed by atoms with van der Waals surface area (Å²) in [4.78, 5) is 16.2. The van der Waals surface area contributed by atoms with Gasteiger partial charge in [-0.2, -0.15) is 0 Å². The third-order valence-electron chi connectivity index (χ3n) is 2.08. The average Bonchev–Trinajstić information content (AvgIpc) is 2.45. The van der Waals surface area contributed by atoms with E-state index in [2.05, 4.69) is 20.9 Å². The van der Waals surface area contributed by atoms with Gasteiger partial charge in [0.15, 0.2) is 0 Å². The second-order valence-corrected chi connectivity index (χ2v) is 4.12. The molecule has 1 aliphatic rings. The maximum absolute atomic E-state index is 11.6. The molecule has 1 aromatic heterocycles. The molecule has 0 atom stereocenters. The number of aromatic amines is 1. The Morgan fingerprint density at radius 1 is 1.69 bits per heavy atom. The van der Waals surface area contributed by atoms with Crippen LogP contribution in [-0.4, -0.2) is 34.9 Å². The van der Waals surface area contributed by atoms with Gasteiger partial charge in [-0.05, 0) is 22.0 Å². The predicted molar refractivity (Wildman–Crippen MR) is 52.4 cm³/mol. The molecule has 3 N–H and O–H groups in total. The number of aromatic nitrogens is 1. The van der Waals surface area contributed by atoms with E-state index >= 15 is 0 Å². The first-order valence-electron chi connectivity index (χ1n) is 4.05. The second-order valence-electron chi connectivity index (χ2n) is 3.20. The van der Waals surface area contributed by atoms with Crippen LogP contribution in [0.3, 0.4) is 0 Å². The maximum atomic E-state index is 11.6. The highest BCUT2D eigenvalue weighted by Crippen LogP contribution is 2.15. The number of carbonyl (C=O) groups is 1. The molecule has 2 heterocycles. The van der Waals surface area contributed by atoms with Crippen molar-refractivity contribution in [3.05, 3.63) is 22.4 Å². The Labute approximate surface area is 84.2 Å². The number of H-pyrrole nitrogens is 1. The number of nitrogens with zero attached hydrogens (tertiary/aromatic N) is 1. The molecule has 70 valence electrons. The minimum absolute atomic E-state index is 0.0207. The molecule has 13 heavy (non-hydrogen) atoms. The van der Waals surface area contributed by atoms with Gasteiger partial charge in [0.1, 0.15) is 5.69 Å². The lowest BCUT2D eigenvalue weighted by Crippen LogP contribution is -2.57. The first-order chi connectivity index (χ1) is 6.16. The summed E-state index contributed by atoms with van der Waals surface area (Å²) >= 11 is 3.27. The predicted octanol–water partition coefficient (Wildman–Crippen LogP) is 0.560. The van der Waals surface area contributed by atoms with Crippen molar-refractivity contribution in [2.24, 2.45) is 5.73 Å². The Morgan fingerprint density at radius 3 is 2.85 bits per heavy atom. The van der Waals surface area contributed by atoms with Gasteiger partial charge >= 0.3 is 0 Å². The van der Waals surface area contributed by atoms with Crippen LogP contribution < -0.4 is 5.73 Å². The zero-order chi connectivity index (χ0) is 9.42. The molecule has 4 nitrogen and oxygen atoms in total. The van der Waals surface area contributed by atoms with Gasteiger partial charge in [-0.3, -0.25) is 4.79 Å². The molecule has 5 heteroatoms. The lowest BCUT2D eigenvalue weighted by atomic mass is 10.1. The summed E-state index contributed by atoms with van der Waals surface area (Å²) in [6.45, 7) is 1.32. The largest absolute Gasteiger partial charge is 0.356 e. The van der Waals surface area contributed by atoms with E-state index in [1.807, 2.05) is 0 Å². The Morgan fingerprint density at radius 2 is 2.38 bits per heavy atom. The monoisotopic (exact) mass is 243 g/mol. The van der Waals surface area contributed by atoms with Crippen molar-refractivity contribution < 1.29 is 4.79 Å². The Bertz CT molecular complexity index is 330. The third kappa shape index (κ3) is 1.62. The number of likely N-dealkylation sites (tertiary alicyclic amines) is 1. The molecular formula is C8H10BrN3O. The summed E-state index contributed by atoms with van der Waals surface area (Å²) in [6.07, 6.45) is 1.74. The number of hydrogen-bond acceptors (Lipinski definition) is 2. The van der Waals surface area contributed by atoms with Crippen molar-refractivity contribution in [2.75, 3.05) is 13.1 Å². The number of carbonyl (C=O) groups excluding carboxylic acids is 1. The molecular weight excluding hydrogens is 234 g/mol. The van der Waals surface area contributed by atoms with Crippen LogP contribution in [0.2, 0.25) is 0 Å². The number of halogens is 1. The van der Waals surface area contributed by atoms with Crippen molar-refractivity contribution in [1.82, 2.24) is 9.88 Å². The highest BCUT2D eigenvalue weighted by atomic mass is 79.9. The minimum atomic E-state index is 0.0207. The number of rotatable bonds is 1. The quantitative estimate of drug-likeness (QED) is 0.758. The van der Waals surface area contributed by atoms with Gasteiger partial charge in [0.05, 0.1) is 0 Å². The smallest absolute Gasteiger partial charge is 0.270 e. The fourth-order valence-electron chi connectivity index (χ4n) is 1.34. The molecule has 1 saturated heterocycles. The molecule has 0 aromatic carbocycles. The topological polar surface area (TPSA) is 62.1 Å². The molecule has 0 saturated carbocycles. The Kier molecular flexibility index (Phi) is 2.13. The van der Waals surface area contributed by atoms with Crippen molar-refractivity contribution in [2.45, 2.75) is 6.04 Å². The SMILES string of the molecule is NC1CN(C(=O)c2cc(Br)c[nH]2)C1. The Hall–Kier alpha value is -0.810. The molecule has 1 aliphatic heterocycles. The van der Waals surface area contributed by atoms with Gasteiger partial charge in [-0.1, -0.05) is 0 Å². The van der Waals surface area contributed by atoms with Crippen LogP contribution in [0.15, 0.2) is 16.7 Å². The molecule has 0 aliphatic carbocycles. The van der Waals surface area contributed by atoms with Gasteiger partial charge < -0.3 is 15.6 Å². The van der Waals surface area contributed by atoms with Crippen LogP contribution in [0.4, 0.5) is 0 Å². The van der Waals surface area contributed by atoms with Crippen LogP contribution in [0.1, 0.15) is 10.5 Å². The average molecular weight is 244 g/mol. The zero-order valence-electron chi connectivity index (χ0n) is 6.96. The summed E-state index contributed by atoms with van der Waals surface area (Å²) in [5.41, 5.74) is 6.19. The fraction of sp³-hybridized carbons (Fsp3) is 0.375. The molecule has 0 bridgehead atoms. The molecule has 0 spiro atoms. The van der Waals surface area contributed by atoms with Gasteiger partial charge in [0.25, 0.3) is 5.91 Å². The second kappa shape index (κ2) is 3.16. The van der Waals surface area contributed by atoms with Crippen LogP contribution in [-0.2, 0) is 0 Å². The van der Waals surface area contributed by atoms with Crippen molar-refractivity contribution in [3.8, 4) is 0 Å². The van der Waals surface area contributed by atoms with Crippen LogP contribution in [0.5, 0.6) is 0 Å². The maximum Gasteiger partial charge on any atom is 0.270 e. The molecule has 1 amide bonds. The number of nitrogens with two attached hydrogens (primary N) is 1. The normalized spacial score (nSPS) is 17.2. The van der Waals surface area contributed by atoms with Gasteiger partial charge in [0.2, 0.25) is 0 Å². The van der Waals surface area contributed by atoms with E-state index in [0.29, 0.717) is 18.8 Å². The van der Waals surface area contributed by atoms with Gasteiger partial charge in [-0.25, -0.2) is 0 Å². The van der Waals surface area contributed by atoms with Crippen molar-refractivity contribution in [1.29, 1.82) is 0 Å². The van der Waals surface area contributed by atoms with Crippen LogP contribution in [0, 0.1) is 0 Å². The van der Waals surface area contributed by atoms with E-state index in [4.69, 9.17) is 5.73 Å². The van der Waals surface area contributed by atoms with E-state index in [1.54, 1.807) is 17.2 Å². The summed E-state index contributed by atoms with van der Waals surface area (Å²) in [5.74, 6) is 0.0207. The summed E-state index contributed by atoms with van der Waals surface area (Å²) < 4.78 is 0.890. The highest BCUT2D eigenvalue weighted by molar-refractivity contribution is 9.10. The van der Waals surface area contributed by atoms with Crippen LogP contribution in [0.25, 0.3) is 0 Å². The summed E-state index contributed by atoms with van der Waals surface area (Å²) in [6, 6.07) is 1.92. The van der Waals surface area contributed by atoms with Gasteiger partial charge in [-0.15, -0.1) is 0 Å². The number of nitrogens with one attached hydrogen (secondary N) is 1. The van der Waals surface area contributed by atoms with E-state index in [1.165, 1.54) is 0 Å². The molecule has 1 fully saturated rings. The van der Waals surface area contributed by atoms with E-state index in [-0.39, 0.29) is 11.9 Å². The van der Waals surface area contributed by atoms with E-state index in [0.717, 1.165) is 4.47 Å². The van der Waals surface area contributed by atoms with Crippen LogP contribution >= 0.6 is 15.9 Å². The minimum Gasteiger partial charge on any atom is -0.356 e. The zero-order valence-corrected chi connectivity index (χ0v) is 8.54. The fourth-order valence-corrected chi connectivity index (χ4v) is 1.68. The molecule has 0 unspecified atom stereocenters. The third-order valence-corrected chi connectivity index (χ3v) is 2.53. The summed E-state index contributed by atoms with van der Waals surface area (Å²) in [7, 11) is 0. The number of hydrogen-bond donors (Lipinski definition) is 2. The number of amides is 1. The lowest BCUT2D eigenvalue weighted by Gasteiger charge is -2.36. The first-order valence-corrected chi connectivity index (χ1v) is 4.85. The summed E-state index contributed by atoms with van der Waals surface area (Å²) in [5, 5.41) is 0. The van der Waals surface area contributed by atoms with Gasteiger partial charge in [0, 0.05) is 29.8 Å². The molecule has 1 aromatic rings.